The van der Waals surface area contributed by atoms with E-state index in [9.17, 15) is 17.8 Å². The Morgan fingerprint density at radius 2 is 2.11 bits per heavy atom. The molecule has 1 aliphatic heterocycles. The van der Waals surface area contributed by atoms with Crippen LogP contribution in [0.2, 0.25) is 5.02 Å². The summed E-state index contributed by atoms with van der Waals surface area (Å²) in [5.74, 6) is -3.57. The molecule has 1 fully saturated rings. The van der Waals surface area contributed by atoms with Crippen LogP contribution >= 0.6 is 11.6 Å². The van der Waals surface area contributed by atoms with Crippen LogP contribution in [0.3, 0.4) is 0 Å². The Hall–Kier alpha value is -2.10. The molecule has 0 bridgehead atoms. The number of nitrogens with one attached hydrogen (secondary N) is 1. The zero-order chi connectivity index (χ0) is 19.6. The molecule has 27 heavy (non-hydrogen) atoms. The van der Waals surface area contributed by atoms with Gasteiger partial charge in [-0.1, -0.05) is 23.7 Å². The Kier molecular flexibility index (Phi) is 5.73. The number of carbonyl (C=O) groups is 1. The predicted molar refractivity (Wildman–Crippen MR) is 100 cm³/mol. The van der Waals surface area contributed by atoms with Crippen LogP contribution in [0.15, 0.2) is 47.6 Å². The molecule has 0 saturated carbocycles. The van der Waals surface area contributed by atoms with Crippen molar-refractivity contribution in [1.29, 1.82) is 0 Å². The highest BCUT2D eigenvalue weighted by Gasteiger charge is 2.44. The number of aromatic nitrogens is 1. The number of pyridine rings is 1. The van der Waals surface area contributed by atoms with Crippen LogP contribution < -0.4 is 15.4 Å². The number of hydrogen-bond acceptors (Lipinski definition) is 4. The fourth-order valence-electron chi connectivity index (χ4n) is 2.97. The van der Waals surface area contributed by atoms with Crippen molar-refractivity contribution in [1.82, 2.24) is 4.98 Å². The van der Waals surface area contributed by atoms with Crippen LogP contribution in [-0.4, -0.2) is 33.6 Å². The van der Waals surface area contributed by atoms with Crippen LogP contribution in [0.1, 0.15) is 12.8 Å². The van der Waals surface area contributed by atoms with Crippen molar-refractivity contribution in [2.24, 2.45) is 5.14 Å². The topological polar surface area (TPSA) is 88.3 Å². The third-order valence-corrected chi connectivity index (χ3v) is 5.21. The van der Waals surface area contributed by atoms with E-state index in [4.69, 9.17) is 16.7 Å². The first-order valence-electron chi connectivity index (χ1n) is 8.09. The van der Waals surface area contributed by atoms with E-state index in [0.29, 0.717) is 10.7 Å². The molecule has 6 nitrogen and oxygen atoms in total. The standard InChI is InChI=1S/C17H17ClF2N4O2S/c18-12-3-1-2-4-13(12)24-8-6-17(19,20)10-14(24)16(25)23-11-5-7-22-15(9-11)27(21)26/h1-5,7,9,14H,6,8,10,21H2,(H,22,23,25). The number of benzene rings is 1. The number of nitrogens with two attached hydrogens (primary N) is 1. The molecule has 1 saturated heterocycles. The van der Waals surface area contributed by atoms with Gasteiger partial charge in [0.15, 0.2) is 0 Å². The Balaban J connectivity index is 1.87. The SMILES string of the molecule is NS(=O)c1cc(NC(=O)C2CC(F)(F)CCN2c2ccccc2Cl)ccn1. The first-order chi connectivity index (χ1) is 12.8. The quantitative estimate of drug-likeness (QED) is 0.805. The fraction of sp³-hybridized carbons (Fsp3) is 0.294. The van der Waals surface area contributed by atoms with Crippen LogP contribution in [0, 0.1) is 0 Å². The molecular formula is C17H17ClF2N4O2S. The average Bonchev–Trinajstić information content (AvgIpc) is 2.62. The third kappa shape index (κ3) is 4.60. The maximum atomic E-state index is 14.0. The van der Waals surface area contributed by atoms with Crippen molar-refractivity contribution in [2.45, 2.75) is 29.8 Å². The number of nitrogens with zero attached hydrogens (tertiary/aromatic N) is 2. The Morgan fingerprint density at radius 1 is 1.37 bits per heavy atom. The molecule has 2 unspecified atom stereocenters. The van der Waals surface area contributed by atoms with E-state index >= 15 is 0 Å². The number of hydrogen-bond donors (Lipinski definition) is 2. The smallest absolute Gasteiger partial charge is 0.252 e. The van der Waals surface area contributed by atoms with Crippen molar-refractivity contribution >= 4 is 39.9 Å². The molecule has 1 amide bonds. The van der Waals surface area contributed by atoms with E-state index < -0.39 is 35.3 Å². The molecule has 1 aromatic heterocycles. The van der Waals surface area contributed by atoms with Gasteiger partial charge in [0, 0.05) is 31.3 Å². The molecule has 2 aromatic rings. The van der Waals surface area contributed by atoms with Gasteiger partial charge in [-0.25, -0.2) is 23.1 Å². The van der Waals surface area contributed by atoms with E-state index in [-0.39, 0.29) is 23.7 Å². The summed E-state index contributed by atoms with van der Waals surface area (Å²) >= 11 is 6.20. The van der Waals surface area contributed by atoms with E-state index in [2.05, 4.69) is 10.3 Å². The minimum absolute atomic E-state index is 0.0107. The fourth-order valence-corrected chi connectivity index (χ4v) is 3.62. The van der Waals surface area contributed by atoms with Gasteiger partial charge in [-0.2, -0.15) is 0 Å². The lowest BCUT2D eigenvalue weighted by molar-refractivity contribution is -0.121. The van der Waals surface area contributed by atoms with Crippen LogP contribution in [0.25, 0.3) is 0 Å². The van der Waals surface area contributed by atoms with Gasteiger partial charge in [-0.05, 0) is 24.3 Å². The maximum Gasteiger partial charge on any atom is 0.252 e. The lowest BCUT2D eigenvalue weighted by Crippen LogP contribution is -2.53. The summed E-state index contributed by atoms with van der Waals surface area (Å²) in [6.45, 7) is -0.0107. The Labute approximate surface area is 162 Å². The number of alkyl halides is 2. The van der Waals surface area contributed by atoms with Gasteiger partial charge in [0.1, 0.15) is 22.1 Å². The summed E-state index contributed by atoms with van der Waals surface area (Å²) in [6.07, 6.45) is 0.329. The van der Waals surface area contributed by atoms with E-state index in [1.807, 2.05) is 0 Å². The van der Waals surface area contributed by atoms with Gasteiger partial charge in [-0.3, -0.25) is 4.79 Å². The second-order valence-electron chi connectivity index (χ2n) is 6.14. The van der Waals surface area contributed by atoms with Crippen LogP contribution in [-0.2, 0) is 15.8 Å². The molecule has 3 rings (SSSR count). The molecule has 0 spiro atoms. The zero-order valence-corrected chi connectivity index (χ0v) is 15.6. The summed E-state index contributed by atoms with van der Waals surface area (Å²) in [4.78, 5) is 18.2. The number of amides is 1. The number of anilines is 2. The van der Waals surface area contributed by atoms with Crippen molar-refractivity contribution < 1.29 is 17.8 Å². The van der Waals surface area contributed by atoms with E-state index in [1.165, 1.54) is 18.3 Å². The number of rotatable bonds is 4. The van der Waals surface area contributed by atoms with Crippen molar-refractivity contribution in [2.75, 3.05) is 16.8 Å². The third-order valence-electron chi connectivity index (χ3n) is 4.26. The van der Waals surface area contributed by atoms with Crippen molar-refractivity contribution in [3.63, 3.8) is 0 Å². The summed E-state index contributed by atoms with van der Waals surface area (Å²) in [5.41, 5.74) is 0.796. The number of piperidine rings is 1. The normalized spacial score (nSPS) is 20.1. The van der Waals surface area contributed by atoms with Gasteiger partial charge >= 0.3 is 0 Å². The number of carbonyl (C=O) groups excluding carboxylic acids is 1. The Bertz CT molecular complexity index is 884. The van der Waals surface area contributed by atoms with Gasteiger partial charge in [0.05, 0.1) is 10.7 Å². The molecule has 144 valence electrons. The highest BCUT2D eigenvalue weighted by Crippen LogP contribution is 2.37. The largest absolute Gasteiger partial charge is 0.358 e. The lowest BCUT2D eigenvalue weighted by Gasteiger charge is -2.40. The number of para-hydroxylation sites is 1. The Morgan fingerprint density at radius 3 is 2.81 bits per heavy atom. The molecule has 0 aliphatic carbocycles. The minimum Gasteiger partial charge on any atom is -0.358 e. The van der Waals surface area contributed by atoms with Gasteiger partial charge in [-0.15, -0.1) is 0 Å². The highest BCUT2D eigenvalue weighted by molar-refractivity contribution is 7.82. The van der Waals surface area contributed by atoms with E-state index in [0.717, 1.165) is 0 Å². The molecule has 10 heteroatoms. The lowest BCUT2D eigenvalue weighted by atomic mass is 9.96. The highest BCUT2D eigenvalue weighted by atomic mass is 35.5. The average molecular weight is 415 g/mol. The molecule has 3 N–H and O–H groups in total. The molecule has 1 aromatic carbocycles. The summed E-state index contributed by atoms with van der Waals surface area (Å²) < 4.78 is 39.4. The molecule has 0 radical (unpaired) electrons. The predicted octanol–water partition coefficient (Wildman–Crippen LogP) is 2.96. The molecule has 1 aliphatic rings. The van der Waals surface area contributed by atoms with Gasteiger partial charge < -0.3 is 10.2 Å². The van der Waals surface area contributed by atoms with Gasteiger partial charge in [0.2, 0.25) is 5.91 Å². The molecule has 2 atom stereocenters. The first-order valence-corrected chi connectivity index (χ1v) is 9.68. The summed E-state index contributed by atoms with van der Waals surface area (Å²) in [7, 11) is -1.82. The second-order valence-corrected chi connectivity index (χ2v) is 7.56. The van der Waals surface area contributed by atoms with Crippen LogP contribution in [0.4, 0.5) is 20.2 Å². The zero-order valence-electron chi connectivity index (χ0n) is 14.1. The molecule has 2 heterocycles. The first kappa shape index (κ1) is 19.7. The van der Waals surface area contributed by atoms with Crippen LogP contribution in [0.5, 0.6) is 0 Å². The summed E-state index contributed by atoms with van der Waals surface area (Å²) in [6, 6.07) is 8.48. The van der Waals surface area contributed by atoms with Crippen molar-refractivity contribution in [3.8, 4) is 0 Å². The monoisotopic (exact) mass is 414 g/mol. The summed E-state index contributed by atoms with van der Waals surface area (Å²) in [5, 5.41) is 8.31. The maximum absolute atomic E-state index is 14.0. The minimum atomic E-state index is -2.96. The second kappa shape index (κ2) is 7.87. The molecular weight excluding hydrogens is 398 g/mol. The van der Waals surface area contributed by atoms with Gasteiger partial charge in [0.25, 0.3) is 5.92 Å². The van der Waals surface area contributed by atoms with E-state index in [1.54, 1.807) is 29.2 Å². The number of halogens is 3. The van der Waals surface area contributed by atoms with Crippen molar-refractivity contribution in [3.05, 3.63) is 47.6 Å².